The number of nitrogens with zero attached hydrogens (tertiary/aromatic N) is 2. The molecule has 3 rings (SSSR count). The molecule has 4 N–H and O–H groups in total. The number of hydrogen-bond donors (Lipinski definition) is 3. The summed E-state index contributed by atoms with van der Waals surface area (Å²) < 4.78 is 51.5. The number of aromatic nitrogens is 2. The zero-order chi connectivity index (χ0) is 22.1. The number of aromatic amines is 1. The Morgan fingerprint density at radius 3 is 2.80 bits per heavy atom. The number of piperidine rings is 1. The maximum atomic E-state index is 13.8. The van der Waals surface area contributed by atoms with Gasteiger partial charge in [-0.05, 0) is 19.8 Å². The van der Waals surface area contributed by atoms with Crippen LogP contribution in [0.2, 0.25) is 0 Å². The number of pyridine rings is 1. The monoisotopic (exact) mass is 429 g/mol. The standard InChI is InChI=1S/C18H22F3N5O4/c1-9(29-2)16(27)25-12-7-24-15-13(12)14(11(6-23-15)18(19,20)21)26-5-3-4-10(8-26)30-17(22)28/h6-7,9-10H,3-5,8H2,1-2H3,(H2,22,28)(H,23,24)(H,25,27)/t9-,10-/m1/s1. The first-order valence-electron chi connectivity index (χ1n) is 9.23. The summed E-state index contributed by atoms with van der Waals surface area (Å²) in [6, 6.07) is 0. The molecule has 164 valence electrons. The molecular weight excluding hydrogens is 407 g/mol. The Balaban J connectivity index is 2.10. The molecular formula is C18H22F3N5O4. The van der Waals surface area contributed by atoms with E-state index in [1.165, 1.54) is 25.1 Å². The van der Waals surface area contributed by atoms with Crippen molar-refractivity contribution in [2.75, 3.05) is 30.4 Å². The number of nitrogens with one attached hydrogen (secondary N) is 2. The Labute approximate surface area is 169 Å². The SMILES string of the molecule is CO[C@H](C)C(=O)Nc1c[nH]c2ncc(C(F)(F)F)c(N3CCC[C@@H](OC(N)=O)C3)c12. The third-order valence-electron chi connectivity index (χ3n) is 4.94. The van der Waals surface area contributed by atoms with Crippen LogP contribution >= 0.6 is 0 Å². The number of rotatable bonds is 5. The quantitative estimate of drug-likeness (QED) is 0.672. The average molecular weight is 429 g/mol. The normalized spacial score (nSPS) is 18.3. The highest BCUT2D eigenvalue weighted by Gasteiger charge is 2.39. The first-order chi connectivity index (χ1) is 14.1. The molecule has 12 heteroatoms. The highest BCUT2D eigenvalue weighted by atomic mass is 19.4. The Morgan fingerprint density at radius 1 is 1.43 bits per heavy atom. The van der Waals surface area contributed by atoms with Crippen LogP contribution in [0.3, 0.4) is 0 Å². The first kappa shape index (κ1) is 21.7. The van der Waals surface area contributed by atoms with Crippen LogP contribution in [-0.4, -0.2) is 54.4 Å². The smallest absolute Gasteiger partial charge is 0.419 e. The van der Waals surface area contributed by atoms with Gasteiger partial charge in [0.25, 0.3) is 5.91 Å². The highest BCUT2D eigenvalue weighted by Crippen LogP contribution is 2.43. The Hall–Kier alpha value is -3.02. The number of alkyl halides is 3. The predicted octanol–water partition coefficient (Wildman–Crippen LogP) is 2.62. The van der Waals surface area contributed by atoms with E-state index in [4.69, 9.17) is 15.2 Å². The number of hydrogen-bond acceptors (Lipinski definition) is 6. The number of fused-ring (bicyclic) bond motifs is 1. The van der Waals surface area contributed by atoms with Crippen LogP contribution in [0.5, 0.6) is 0 Å². The number of anilines is 2. The van der Waals surface area contributed by atoms with Gasteiger partial charge in [0, 0.05) is 26.0 Å². The van der Waals surface area contributed by atoms with E-state index in [0.29, 0.717) is 19.4 Å². The summed E-state index contributed by atoms with van der Waals surface area (Å²) in [5.41, 5.74) is 4.29. The van der Waals surface area contributed by atoms with Crippen molar-refractivity contribution in [3.8, 4) is 0 Å². The van der Waals surface area contributed by atoms with Crippen molar-refractivity contribution in [3.63, 3.8) is 0 Å². The van der Waals surface area contributed by atoms with Gasteiger partial charge >= 0.3 is 12.3 Å². The van der Waals surface area contributed by atoms with E-state index < -0.39 is 35.9 Å². The number of carbonyl (C=O) groups is 2. The van der Waals surface area contributed by atoms with Gasteiger partial charge in [-0.15, -0.1) is 0 Å². The van der Waals surface area contributed by atoms with Crippen LogP contribution in [-0.2, 0) is 20.4 Å². The second kappa shape index (κ2) is 8.38. The van der Waals surface area contributed by atoms with Crippen molar-refractivity contribution in [2.24, 2.45) is 5.73 Å². The summed E-state index contributed by atoms with van der Waals surface area (Å²) in [7, 11) is 1.35. The lowest BCUT2D eigenvalue weighted by Crippen LogP contribution is -2.42. The number of carbonyl (C=O) groups excluding carboxylic acids is 2. The average Bonchev–Trinajstić information content (AvgIpc) is 3.08. The molecule has 1 aliphatic rings. The van der Waals surface area contributed by atoms with Crippen LogP contribution in [0.25, 0.3) is 11.0 Å². The predicted molar refractivity (Wildman–Crippen MR) is 102 cm³/mol. The Morgan fingerprint density at radius 2 is 2.17 bits per heavy atom. The minimum absolute atomic E-state index is 0.0260. The van der Waals surface area contributed by atoms with E-state index >= 15 is 0 Å². The van der Waals surface area contributed by atoms with Gasteiger partial charge in [-0.1, -0.05) is 0 Å². The van der Waals surface area contributed by atoms with Crippen LogP contribution in [0.4, 0.5) is 29.3 Å². The summed E-state index contributed by atoms with van der Waals surface area (Å²) in [6.45, 7) is 1.84. The second-order valence-corrected chi connectivity index (χ2v) is 6.96. The van der Waals surface area contributed by atoms with Gasteiger partial charge in [0.2, 0.25) is 0 Å². The van der Waals surface area contributed by atoms with Gasteiger partial charge in [-0.3, -0.25) is 4.79 Å². The first-order valence-corrected chi connectivity index (χ1v) is 9.23. The topological polar surface area (TPSA) is 123 Å². The van der Waals surface area contributed by atoms with Gasteiger partial charge in [-0.2, -0.15) is 13.2 Å². The van der Waals surface area contributed by atoms with Gasteiger partial charge in [0.15, 0.2) is 0 Å². The maximum absolute atomic E-state index is 13.8. The van der Waals surface area contributed by atoms with E-state index in [0.717, 1.165) is 6.20 Å². The van der Waals surface area contributed by atoms with Crippen LogP contribution in [0, 0.1) is 0 Å². The van der Waals surface area contributed by atoms with Gasteiger partial charge in [0.1, 0.15) is 17.9 Å². The largest absolute Gasteiger partial charge is 0.445 e. The highest BCUT2D eigenvalue weighted by molar-refractivity contribution is 6.08. The summed E-state index contributed by atoms with van der Waals surface area (Å²) >= 11 is 0. The molecule has 30 heavy (non-hydrogen) atoms. The molecule has 0 spiro atoms. The third-order valence-corrected chi connectivity index (χ3v) is 4.94. The molecule has 1 saturated heterocycles. The fraction of sp³-hybridized carbons (Fsp3) is 0.500. The summed E-state index contributed by atoms with van der Waals surface area (Å²) in [4.78, 5) is 31.5. The zero-order valence-electron chi connectivity index (χ0n) is 16.4. The van der Waals surface area contributed by atoms with Crippen molar-refractivity contribution < 1.29 is 32.2 Å². The summed E-state index contributed by atoms with van der Waals surface area (Å²) in [6.07, 6.45) is -4.03. The molecule has 9 nitrogen and oxygen atoms in total. The minimum Gasteiger partial charge on any atom is -0.445 e. The molecule has 2 atom stereocenters. The number of nitrogens with two attached hydrogens (primary N) is 1. The molecule has 1 fully saturated rings. The zero-order valence-corrected chi connectivity index (χ0v) is 16.4. The molecule has 0 saturated carbocycles. The van der Waals surface area contributed by atoms with Gasteiger partial charge in [0.05, 0.1) is 28.9 Å². The molecule has 0 aliphatic carbocycles. The van der Waals surface area contributed by atoms with E-state index in [1.807, 2.05) is 0 Å². The second-order valence-electron chi connectivity index (χ2n) is 6.96. The third kappa shape index (κ3) is 4.42. The van der Waals surface area contributed by atoms with Crippen molar-refractivity contribution in [1.82, 2.24) is 9.97 Å². The molecule has 2 aromatic rings. The van der Waals surface area contributed by atoms with Crippen LogP contribution < -0.4 is 16.0 Å². The molecule has 1 aliphatic heterocycles. The molecule has 2 aromatic heterocycles. The number of methoxy groups -OCH3 is 1. The Bertz CT molecular complexity index is 946. The van der Waals surface area contributed by atoms with Crippen molar-refractivity contribution in [1.29, 1.82) is 0 Å². The van der Waals surface area contributed by atoms with E-state index in [1.54, 1.807) is 0 Å². The lowest BCUT2D eigenvalue weighted by atomic mass is 10.0. The number of amides is 2. The minimum atomic E-state index is -4.69. The number of H-pyrrole nitrogens is 1. The molecule has 3 heterocycles. The molecule has 0 bridgehead atoms. The Kier molecular flexibility index (Phi) is 6.06. The van der Waals surface area contributed by atoms with E-state index in [-0.39, 0.29) is 29.0 Å². The molecule has 0 radical (unpaired) electrons. The molecule has 0 unspecified atom stereocenters. The lowest BCUT2D eigenvalue weighted by Gasteiger charge is -2.35. The maximum Gasteiger partial charge on any atom is 0.419 e. The molecule has 2 amide bonds. The van der Waals surface area contributed by atoms with Gasteiger partial charge < -0.3 is 30.4 Å². The van der Waals surface area contributed by atoms with Crippen molar-refractivity contribution in [3.05, 3.63) is 18.0 Å². The van der Waals surface area contributed by atoms with Crippen LogP contribution in [0.1, 0.15) is 25.3 Å². The lowest BCUT2D eigenvalue weighted by molar-refractivity contribution is -0.137. The van der Waals surface area contributed by atoms with Crippen LogP contribution in [0.15, 0.2) is 12.4 Å². The fourth-order valence-electron chi connectivity index (χ4n) is 3.46. The van der Waals surface area contributed by atoms with Gasteiger partial charge in [-0.25, -0.2) is 9.78 Å². The fourth-order valence-corrected chi connectivity index (χ4v) is 3.46. The number of primary amides is 1. The van der Waals surface area contributed by atoms with Crippen molar-refractivity contribution in [2.45, 2.75) is 38.1 Å². The summed E-state index contributed by atoms with van der Waals surface area (Å²) in [5.74, 6) is -0.518. The number of halogens is 3. The summed E-state index contributed by atoms with van der Waals surface area (Å²) in [5, 5.41) is 2.69. The number of ether oxygens (including phenoxy) is 2. The van der Waals surface area contributed by atoms with E-state index in [9.17, 15) is 22.8 Å². The van der Waals surface area contributed by atoms with Crippen molar-refractivity contribution >= 4 is 34.4 Å². The van der Waals surface area contributed by atoms with E-state index in [2.05, 4.69) is 15.3 Å². The molecule has 0 aromatic carbocycles.